The van der Waals surface area contributed by atoms with Gasteiger partial charge in [-0.05, 0) is 50.2 Å². The van der Waals surface area contributed by atoms with Crippen molar-refractivity contribution in [2.45, 2.75) is 25.7 Å². The summed E-state index contributed by atoms with van der Waals surface area (Å²) in [7, 11) is 0. The summed E-state index contributed by atoms with van der Waals surface area (Å²) in [6.45, 7) is 5.09. The number of hydrogen-bond acceptors (Lipinski definition) is 8. The molecule has 1 aliphatic rings. The molecular weight excluding hydrogens is 385 g/mol. The lowest BCUT2D eigenvalue weighted by Crippen LogP contribution is -2.34. The summed E-state index contributed by atoms with van der Waals surface area (Å²) < 4.78 is 14.4. The Bertz CT molecular complexity index is 1080. The Morgan fingerprint density at radius 2 is 2.00 bits per heavy atom. The van der Waals surface area contributed by atoms with Crippen molar-refractivity contribution in [2.75, 3.05) is 31.1 Å². The number of anilines is 2. The van der Waals surface area contributed by atoms with E-state index in [1.165, 1.54) is 24.4 Å². The highest BCUT2D eigenvalue weighted by Gasteiger charge is 2.23. The van der Waals surface area contributed by atoms with Gasteiger partial charge in [-0.15, -0.1) is 0 Å². The molecule has 9 heteroatoms. The molecule has 0 saturated carbocycles. The van der Waals surface area contributed by atoms with Gasteiger partial charge in [-0.25, -0.2) is 24.3 Å². The molecule has 156 valence electrons. The molecule has 0 aliphatic carbocycles. The van der Waals surface area contributed by atoms with Crippen LogP contribution in [0.2, 0.25) is 0 Å². The van der Waals surface area contributed by atoms with E-state index in [0.717, 1.165) is 38.2 Å². The number of aromatic hydroxyl groups is 1. The monoisotopic (exact) mass is 409 g/mol. The molecule has 1 fully saturated rings. The third kappa shape index (κ3) is 3.88. The third-order valence-corrected chi connectivity index (χ3v) is 5.44. The van der Waals surface area contributed by atoms with Crippen LogP contribution in [-0.4, -0.2) is 49.6 Å². The van der Waals surface area contributed by atoms with Crippen molar-refractivity contribution in [2.24, 2.45) is 0 Å². The Hall–Kier alpha value is -3.33. The van der Waals surface area contributed by atoms with E-state index in [1.54, 1.807) is 0 Å². The molecule has 3 aromatic heterocycles. The maximum atomic E-state index is 14.4. The van der Waals surface area contributed by atoms with Gasteiger partial charge >= 0.3 is 0 Å². The first-order valence-electron chi connectivity index (χ1n) is 9.93. The predicted molar refractivity (Wildman–Crippen MR) is 113 cm³/mol. The molecule has 1 saturated heterocycles. The van der Waals surface area contributed by atoms with E-state index in [4.69, 9.17) is 11.5 Å². The van der Waals surface area contributed by atoms with Crippen molar-refractivity contribution in [1.29, 1.82) is 0 Å². The van der Waals surface area contributed by atoms with Gasteiger partial charge in [-0.1, -0.05) is 6.92 Å². The highest BCUT2D eigenvalue weighted by Crippen LogP contribution is 2.33. The fourth-order valence-corrected chi connectivity index (χ4v) is 3.85. The fourth-order valence-electron chi connectivity index (χ4n) is 3.85. The van der Waals surface area contributed by atoms with Crippen LogP contribution >= 0.6 is 0 Å². The lowest BCUT2D eigenvalue weighted by Gasteiger charge is -2.31. The molecule has 3 aromatic rings. The van der Waals surface area contributed by atoms with Crippen LogP contribution in [0.4, 0.5) is 16.2 Å². The number of aromatic nitrogens is 4. The molecule has 1 unspecified atom stereocenters. The first kappa shape index (κ1) is 20.0. The van der Waals surface area contributed by atoms with Gasteiger partial charge in [0.15, 0.2) is 11.6 Å². The molecule has 30 heavy (non-hydrogen) atoms. The van der Waals surface area contributed by atoms with Crippen LogP contribution in [0.3, 0.4) is 0 Å². The zero-order chi connectivity index (χ0) is 21.3. The summed E-state index contributed by atoms with van der Waals surface area (Å²) in [5, 5.41) is 10.4. The molecular formula is C21H24FN7O. The number of nitrogen functional groups attached to an aromatic ring is 2. The first-order valence-corrected chi connectivity index (χ1v) is 9.93. The van der Waals surface area contributed by atoms with E-state index in [1.807, 2.05) is 6.07 Å². The van der Waals surface area contributed by atoms with Crippen LogP contribution in [0, 0.1) is 5.82 Å². The number of nitrogens with two attached hydrogens (primary N) is 2. The average Bonchev–Trinajstić information content (AvgIpc) is 2.76. The van der Waals surface area contributed by atoms with E-state index in [-0.39, 0.29) is 34.7 Å². The van der Waals surface area contributed by atoms with Crippen LogP contribution in [-0.2, 0) is 0 Å². The Labute approximate surface area is 173 Å². The number of nitrogens with zero attached hydrogens (tertiary/aromatic N) is 5. The summed E-state index contributed by atoms with van der Waals surface area (Å²) >= 11 is 0. The molecule has 4 heterocycles. The van der Waals surface area contributed by atoms with Crippen molar-refractivity contribution in [3.63, 3.8) is 0 Å². The molecule has 5 N–H and O–H groups in total. The largest absolute Gasteiger partial charge is 0.506 e. The van der Waals surface area contributed by atoms with Gasteiger partial charge in [0.1, 0.15) is 11.4 Å². The molecule has 0 radical (unpaired) electrons. The lowest BCUT2D eigenvalue weighted by atomic mass is 9.94. The number of pyridine rings is 2. The Morgan fingerprint density at radius 3 is 2.80 bits per heavy atom. The Balaban J connectivity index is 1.75. The number of rotatable bonds is 4. The fraction of sp³-hybridized carbons (Fsp3) is 0.333. The van der Waals surface area contributed by atoms with Crippen LogP contribution in [0.5, 0.6) is 5.75 Å². The number of halogens is 1. The lowest BCUT2D eigenvalue weighted by molar-refractivity contribution is 0.216. The minimum Gasteiger partial charge on any atom is -0.506 e. The van der Waals surface area contributed by atoms with Crippen molar-refractivity contribution in [3.8, 4) is 28.4 Å². The van der Waals surface area contributed by atoms with E-state index >= 15 is 0 Å². The molecule has 0 aromatic carbocycles. The first-order chi connectivity index (χ1) is 14.5. The zero-order valence-electron chi connectivity index (χ0n) is 16.7. The molecule has 4 rings (SSSR count). The standard InChI is InChI=1S/C21H24FN7O/c1-2-29-9-3-4-12(11-29)15-10-16(28-21(24)27-15)19-17(30)6-5-14(26-19)13-7-8-25-20(23)18(13)22/h5-8,10,12,30H,2-4,9,11H2,1H3,(H2,23,25)(H2,24,27,28). The molecule has 8 nitrogen and oxygen atoms in total. The van der Waals surface area contributed by atoms with E-state index in [2.05, 4.69) is 31.8 Å². The number of likely N-dealkylation sites (tertiary alicyclic amines) is 1. The Kier molecular flexibility index (Phi) is 5.45. The number of hydrogen-bond donors (Lipinski definition) is 3. The van der Waals surface area contributed by atoms with Gasteiger partial charge in [0.05, 0.1) is 17.1 Å². The minimum atomic E-state index is -0.661. The third-order valence-electron chi connectivity index (χ3n) is 5.44. The van der Waals surface area contributed by atoms with Gasteiger partial charge in [0, 0.05) is 24.2 Å². The smallest absolute Gasteiger partial charge is 0.220 e. The highest BCUT2D eigenvalue weighted by atomic mass is 19.1. The van der Waals surface area contributed by atoms with Crippen LogP contribution in [0.15, 0.2) is 30.5 Å². The normalized spacial score (nSPS) is 17.2. The molecule has 0 bridgehead atoms. The van der Waals surface area contributed by atoms with Crippen molar-refractivity contribution < 1.29 is 9.50 Å². The van der Waals surface area contributed by atoms with Crippen LogP contribution < -0.4 is 11.5 Å². The second kappa shape index (κ2) is 8.19. The van der Waals surface area contributed by atoms with Gasteiger partial charge in [-0.3, -0.25) is 0 Å². The van der Waals surface area contributed by atoms with Crippen LogP contribution in [0.1, 0.15) is 31.4 Å². The SMILES string of the molecule is CCN1CCCC(c2cc(-c3nc(-c4ccnc(N)c4F)ccc3O)nc(N)n2)C1. The number of piperidine rings is 1. The van der Waals surface area contributed by atoms with Gasteiger partial charge in [0.25, 0.3) is 0 Å². The summed E-state index contributed by atoms with van der Waals surface area (Å²) in [6, 6.07) is 6.26. The van der Waals surface area contributed by atoms with Gasteiger partial charge in [0.2, 0.25) is 5.95 Å². The second-order valence-corrected chi connectivity index (χ2v) is 7.39. The summed E-state index contributed by atoms with van der Waals surface area (Å²) in [6.07, 6.45) is 3.50. The van der Waals surface area contributed by atoms with Crippen molar-refractivity contribution in [3.05, 3.63) is 42.0 Å². The summed E-state index contributed by atoms with van der Waals surface area (Å²) in [4.78, 5) is 19.3. The topological polar surface area (TPSA) is 127 Å². The maximum Gasteiger partial charge on any atom is 0.220 e. The van der Waals surface area contributed by atoms with Crippen LogP contribution in [0.25, 0.3) is 22.6 Å². The van der Waals surface area contributed by atoms with E-state index < -0.39 is 5.82 Å². The van der Waals surface area contributed by atoms with Crippen molar-refractivity contribution >= 4 is 11.8 Å². The minimum absolute atomic E-state index is 0.0796. The maximum absolute atomic E-state index is 14.4. The van der Waals surface area contributed by atoms with Crippen molar-refractivity contribution in [1.82, 2.24) is 24.8 Å². The molecule has 0 amide bonds. The predicted octanol–water partition coefficient (Wildman–Crippen LogP) is 2.81. The molecule has 0 spiro atoms. The summed E-state index contributed by atoms with van der Waals surface area (Å²) in [5.74, 6) is -0.613. The van der Waals surface area contributed by atoms with Gasteiger partial charge < -0.3 is 21.5 Å². The average molecular weight is 409 g/mol. The van der Waals surface area contributed by atoms with Gasteiger partial charge in [-0.2, -0.15) is 0 Å². The Morgan fingerprint density at radius 1 is 1.17 bits per heavy atom. The zero-order valence-corrected chi connectivity index (χ0v) is 16.7. The van der Waals surface area contributed by atoms with E-state index in [9.17, 15) is 9.50 Å². The highest BCUT2D eigenvalue weighted by molar-refractivity contribution is 5.70. The molecule has 1 atom stereocenters. The summed E-state index contributed by atoms with van der Waals surface area (Å²) in [5.41, 5.74) is 13.5. The van der Waals surface area contributed by atoms with E-state index in [0.29, 0.717) is 11.4 Å². The quantitative estimate of drug-likeness (QED) is 0.600. The number of likely N-dealkylation sites (N-methyl/N-ethyl adjacent to an activating group) is 1. The second-order valence-electron chi connectivity index (χ2n) is 7.39. The molecule has 1 aliphatic heterocycles.